The van der Waals surface area contributed by atoms with Crippen molar-refractivity contribution >= 4 is 0 Å². The van der Waals surface area contributed by atoms with E-state index in [1.807, 2.05) is 0 Å². The van der Waals surface area contributed by atoms with E-state index >= 15 is 0 Å². The summed E-state index contributed by atoms with van der Waals surface area (Å²) in [5.41, 5.74) is -0.342. The van der Waals surface area contributed by atoms with Crippen LogP contribution < -0.4 is 0 Å². The fourth-order valence-electron chi connectivity index (χ4n) is 4.63. The average molecular weight is 237 g/mol. The zero-order chi connectivity index (χ0) is 12.0. The standard InChI is InChI=1S/C15H27NO/c1-11-5-6-13(10-12(11)2)15(17)7-9-16-8-3-4-14(15)16/h11-14,17H,3-10H2,1-2H3. The highest BCUT2D eigenvalue weighted by Gasteiger charge is 2.52. The molecule has 0 spiro atoms. The smallest absolute Gasteiger partial charge is 0.0842 e. The van der Waals surface area contributed by atoms with E-state index in [-0.39, 0.29) is 5.60 Å². The van der Waals surface area contributed by atoms with E-state index in [0.29, 0.717) is 12.0 Å². The number of fused-ring (bicyclic) bond motifs is 1. The summed E-state index contributed by atoms with van der Waals surface area (Å²) in [5.74, 6) is 2.23. The number of nitrogens with zero attached hydrogens (tertiary/aromatic N) is 1. The minimum Gasteiger partial charge on any atom is -0.388 e. The van der Waals surface area contributed by atoms with E-state index in [2.05, 4.69) is 18.7 Å². The molecular formula is C15H27NO. The molecule has 1 saturated carbocycles. The van der Waals surface area contributed by atoms with Gasteiger partial charge in [-0.3, -0.25) is 4.90 Å². The van der Waals surface area contributed by atoms with Crippen molar-refractivity contribution in [1.82, 2.24) is 4.90 Å². The second-order valence-electron chi connectivity index (χ2n) is 6.90. The molecule has 3 fully saturated rings. The van der Waals surface area contributed by atoms with Crippen LogP contribution in [0, 0.1) is 17.8 Å². The Morgan fingerprint density at radius 3 is 2.65 bits per heavy atom. The molecule has 17 heavy (non-hydrogen) atoms. The zero-order valence-electron chi connectivity index (χ0n) is 11.4. The van der Waals surface area contributed by atoms with Crippen LogP contribution in [0.3, 0.4) is 0 Å². The Labute approximate surface area is 105 Å². The number of rotatable bonds is 1. The van der Waals surface area contributed by atoms with Crippen LogP contribution in [0.25, 0.3) is 0 Å². The first kappa shape index (κ1) is 12.0. The molecule has 0 aromatic rings. The van der Waals surface area contributed by atoms with Crippen LogP contribution in [0.1, 0.15) is 52.4 Å². The summed E-state index contributed by atoms with van der Waals surface area (Å²) >= 11 is 0. The normalized spacial score (nSPS) is 51.7. The molecular weight excluding hydrogens is 210 g/mol. The minimum atomic E-state index is -0.342. The summed E-state index contributed by atoms with van der Waals surface area (Å²) in [5, 5.41) is 11.1. The molecule has 1 N–H and O–H groups in total. The highest BCUT2D eigenvalue weighted by molar-refractivity contribution is 5.06. The molecule has 3 aliphatic rings. The molecule has 0 aromatic heterocycles. The SMILES string of the molecule is CC1CCC(C2(O)CCN3CCCC32)CC1C. The maximum absolute atomic E-state index is 11.1. The van der Waals surface area contributed by atoms with Crippen molar-refractivity contribution in [3.05, 3.63) is 0 Å². The van der Waals surface area contributed by atoms with E-state index in [1.165, 1.54) is 38.6 Å². The van der Waals surface area contributed by atoms with Gasteiger partial charge in [-0.05, 0) is 56.4 Å². The van der Waals surface area contributed by atoms with E-state index in [9.17, 15) is 5.11 Å². The Morgan fingerprint density at radius 1 is 1.06 bits per heavy atom. The lowest BCUT2D eigenvalue weighted by molar-refractivity contribution is -0.0643. The van der Waals surface area contributed by atoms with Crippen LogP contribution in [-0.2, 0) is 0 Å². The molecule has 1 aliphatic carbocycles. The Balaban J connectivity index is 1.75. The van der Waals surface area contributed by atoms with Gasteiger partial charge >= 0.3 is 0 Å². The van der Waals surface area contributed by atoms with Gasteiger partial charge in [-0.1, -0.05) is 20.3 Å². The van der Waals surface area contributed by atoms with E-state index < -0.39 is 0 Å². The molecule has 5 atom stereocenters. The summed E-state index contributed by atoms with van der Waals surface area (Å²) in [6, 6.07) is 0.494. The molecule has 5 unspecified atom stereocenters. The third-order valence-corrected chi connectivity index (χ3v) is 6.05. The minimum absolute atomic E-state index is 0.342. The van der Waals surface area contributed by atoms with Crippen molar-refractivity contribution in [2.24, 2.45) is 17.8 Å². The maximum Gasteiger partial charge on any atom is 0.0842 e. The third kappa shape index (κ3) is 1.84. The lowest BCUT2D eigenvalue weighted by Gasteiger charge is -2.43. The van der Waals surface area contributed by atoms with Gasteiger partial charge in [0.1, 0.15) is 0 Å². The lowest BCUT2D eigenvalue weighted by atomic mass is 9.67. The van der Waals surface area contributed by atoms with Crippen LogP contribution in [0.4, 0.5) is 0 Å². The predicted octanol–water partition coefficient (Wildman–Crippen LogP) is 2.66. The Hall–Kier alpha value is -0.0800. The number of hydrogen-bond acceptors (Lipinski definition) is 2. The van der Waals surface area contributed by atoms with Gasteiger partial charge in [-0.2, -0.15) is 0 Å². The summed E-state index contributed by atoms with van der Waals surface area (Å²) in [6.45, 7) is 7.12. The Kier molecular flexibility index (Phi) is 2.99. The quantitative estimate of drug-likeness (QED) is 0.758. The molecule has 2 heteroatoms. The topological polar surface area (TPSA) is 23.5 Å². The molecule has 0 bridgehead atoms. The van der Waals surface area contributed by atoms with Crippen LogP contribution in [0.2, 0.25) is 0 Å². The van der Waals surface area contributed by atoms with Crippen molar-refractivity contribution in [2.45, 2.75) is 64.0 Å². The summed E-state index contributed by atoms with van der Waals surface area (Å²) in [7, 11) is 0. The molecule has 2 aliphatic heterocycles. The summed E-state index contributed by atoms with van der Waals surface area (Å²) < 4.78 is 0. The maximum atomic E-state index is 11.1. The molecule has 2 nitrogen and oxygen atoms in total. The van der Waals surface area contributed by atoms with E-state index in [1.54, 1.807) is 0 Å². The highest BCUT2D eigenvalue weighted by Crippen LogP contribution is 2.47. The van der Waals surface area contributed by atoms with Crippen molar-refractivity contribution in [1.29, 1.82) is 0 Å². The van der Waals surface area contributed by atoms with Crippen molar-refractivity contribution in [3.63, 3.8) is 0 Å². The third-order valence-electron chi connectivity index (χ3n) is 6.05. The number of hydrogen-bond donors (Lipinski definition) is 1. The number of aliphatic hydroxyl groups is 1. The molecule has 2 saturated heterocycles. The molecule has 2 heterocycles. The van der Waals surface area contributed by atoms with Gasteiger partial charge < -0.3 is 5.11 Å². The van der Waals surface area contributed by atoms with Gasteiger partial charge in [0.15, 0.2) is 0 Å². The average Bonchev–Trinajstić information content (AvgIpc) is 2.88. The van der Waals surface area contributed by atoms with Crippen LogP contribution in [0.15, 0.2) is 0 Å². The van der Waals surface area contributed by atoms with Gasteiger partial charge in [0, 0.05) is 12.6 Å². The molecule has 0 aromatic carbocycles. The Bertz CT molecular complexity index is 293. The fraction of sp³-hybridized carbons (Fsp3) is 1.00. The Morgan fingerprint density at radius 2 is 1.88 bits per heavy atom. The van der Waals surface area contributed by atoms with Gasteiger partial charge in [-0.25, -0.2) is 0 Å². The largest absolute Gasteiger partial charge is 0.388 e. The van der Waals surface area contributed by atoms with Crippen LogP contribution in [0.5, 0.6) is 0 Å². The van der Waals surface area contributed by atoms with Crippen LogP contribution >= 0.6 is 0 Å². The highest BCUT2D eigenvalue weighted by atomic mass is 16.3. The van der Waals surface area contributed by atoms with Crippen LogP contribution in [-0.4, -0.2) is 34.7 Å². The van der Waals surface area contributed by atoms with E-state index in [0.717, 1.165) is 24.8 Å². The van der Waals surface area contributed by atoms with Crippen molar-refractivity contribution in [3.8, 4) is 0 Å². The second kappa shape index (κ2) is 4.24. The summed E-state index contributed by atoms with van der Waals surface area (Å²) in [4.78, 5) is 2.54. The molecule has 0 radical (unpaired) electrons. The zero-order valence-corrected chi connectivity index (χ0v) is 11.4. The molecule has 98 valence electrons. The van der Waals surface area contributed by atoms with Crippen molar-refractivity contribution < 1.29 is 5.11 Å². The van der Waals surface area contributed by atoms with Gasteiger partial charge in [0.25, 0.3) is 0 Å². The fourth-order valence-corrected chi connectivity index (χ4v) is 4.63. The monoisotopic (exact) mass is 237 g/mol. The van der Waals surface area contributed by atoms with Gasteiger partial charge in [-0.15, -0.1) is 0 Å². The first-order valence-electron chi connectivity index (χ1n) is 7.57. The lowest BCUT2D eigenvalue weighted by Crippen LogP contribution is -2.49. The molecule has 3 rings (SSSR count). The van der Waals surface area contributed by atoms with Crippen molar-refractivity contribution in [2.75, 3.05) is 13.1 Å². The van der Waals surface area contributed by atoms with Gasteiger partial charge in [0.05, 0.1) is 5.60 Å². The summed E-state index contributed by atoms with van der Waals surface area (Å²) in [6.07, 6.45) is 7.39. The van der Waals surface area contributed by atoms with Gasteiger partial charge in [0.2, 0.25) is 0 Å². The second-order valence-corrected chi connectivity index (χ2v) is 6.90. The first-order chi connectivity index (χ1) is 8.11. The first-order valence-corrected chi connectivity index (χ1v) is 7.57. The van der Waals surface area contributed by atoms with E-state index in [4.69, 9.17) is 0 Å². The molecule has 0 amide bonds. The predicted molar refractivity (Wildman–Crippen MR) is 69.8 cm³/mol.